The molecule has 120 valence electrons. The third kappa shape index (κ3) is 2.30. The monoisotopic (exact) mass is 306 g/mol. The molecule has 1 saturated heterocycles. The van der Waals surface area contributed by atoms with Gasteiger partial charge in [0.2, 0.25) is 11.8 Å². The van der Waals surface area contributed by atoms with Crippen molar-refractivity contribution in [2.45, 2.75) is 38.8 Å². The van der Waals surface area contributed by atoms with Crippen molar-refractivity contribution in [2.24, 2.45) is 23.7 Å². The van der Waals surface area contributed by atoms with Crippen molar-refractivity contribution in [1.29, 1.82) is 0 Å². The lowest BCUT2D eigenvalue weighted by atomic mass is 9.82. The molecule has 2 amide bonds. The smallest absolute Gasteiger partial charge is 0.307 e. The zero-order chi connectivity index (χ0) is 16.0. The second-order valence-electron chi connectivity index (χ2n) is 6.81. The third-order valence-corrected chi connectivity index (χ3v) is 5.23. The Morgan fingerprint density at radius 1 is 1.27 bits per heavy atom. The van der Waals surface area contributed by atoms with Crippen LogP contribution < -0.4 is 5.32 Å². The fraction of sp³-hybridized carbons (Fsp3) is 0.688. The molecule has 22 heavy (non-hydrogen) atoms. The molecule has 5 unspecified atom stereocenters. The minimum absolute atomic E-state index is 0.0104. The van der Waals surface area contributed by atoms with Gasteiger partial charge in [-0.2, -0.15) is 0 Å². The first kappa shape index (κ1) is 15.1. The number of carboxylic acid groups (broad SMARTS) is 1. The van der Waals surface area contributed by atoms with Crippen LogP contribution in [0, 0.1) is 23.7 Å². The van der Waals surface area contributed by atoms with Crippen LogP contribution in [0.5, 0.6) is 0 Å². The zero-order valence-corrected chi connectivity index (χ0v) is 12.9. The summed E-state index contributed by atoms with van der Waals surface area (Å²) in [7, 11) is 0. The van der Waals surface area contributed by atoms with Gasteiger partial charge in [0.1, 0.15) is 6.04 Å². The van der Waals surface area contributed by atoms with Crippen LogP contribution in [0.4, 0.5) is 0 Å². The molecule has 2 N–H and O–H groups in total. The second-order valence-corrected chi connectivity index (χ2v) is 6.81. The molecule has 2 bridgehead atoms. The predicted molar refractivity (Wildman–Crippen MR) is 78.7 cm³/mol. The minimum atomic E-state index is -0.918. The van der Waals surface area contributed by atoms with Crippen molar-refractivity contribution in [3.63, 3.8) is 0 Å². The molecule has 1 aliphatic heterocycles. The van der Waals surface area contributed by atoms with Crippen LogP contribution in [-0.4, -0.2) is 46.4 Å². The quantitative estimate of drug-likeness (QED) is 0.746. The van der Waals surface area contributed by atoms with Crippen molar-refractivity contribution in [3.8, 4) is 0 Å². The minimum Gasteiger partial charge on any atom is -0.481 e. The first-order chi connectivity index (χ1) is 10.4. The van der Waals surface area contributed by atoms with Crippen molar-refractivity contribution in [1.82, 2.24) is 10.2 Å². The SMILES string of the molecule is CC(C)N1CCC(NC(=O)C2C3C=CC(C3)C2C(=O)O)C1=O. The molecule has 1 saturated carbocycles. The average Bonchev–Trinajstić information content (AvgIpc) is 3.13. The van der Waals surface area contributed by atoms with Crippen LogP contribution in [0.2, 0.25) is 0 Å². The van der Waals surface area contributed by atoms with Gasteiger partial charge in [-0.05, 0) is 38.5 Å². The van der Waals surface area contributed by atoms with Gasteiger partial charge in [0.15, 0.2) is 0 Å². The van der Waals surface area contributed by atoms with Crippen LogP contribution in [0.1, 0.15) is 26.7 Å². The standard InChI is InChI=1S/C16H22N2O4/c1-8(2)18-6-5-11(15(18)20)17-14(19)12-9-3-4-10(7-9)13(12)16(21)22/h3-4,8-13H,5-7H2,1-2H3,(H,17,19)(H,21,22). The molecule has 0 spiro atoms. The zero-order valence-electron chi connectivity index (χ0n) is 12.9. The number of hydrogen-bond acceptors (Lipinski definition) is 3. The Bertz CT molecular complexity index is 542. The number of rotatable bonds is 4. The molecular weight excluding hydrogens is 284 g/mol. The Morgan fingerprint density at radius 3 is 2.45 bits per heavy atom. The van der Waals surface area contributed by atoms with E-state index < -0.39 is 23.8 Å². The second kappa shape index (κ2) is 5.41. The molecule has 5 atom stereocenters. The number of carbonyl (C=O) groups is 3. The Hall–Kier alpha value is -1.85. The topological polar surface area (TPSA) is 86.7 Å². The van der Waals surface area contributed by atoms with E-state index in [1.807, 2.05) is 26.0 Å². The number of amides is 2. The van der Waals surface area contributed by atoms with E-state index in [-0.39, 0.29) is 29.7 Å². The summed E-state index contributed by atoms with van der Waals surface area (Å²) in [6, 6.07) is -0.390. The highest BCUT2D eigenvalue weighted by molar-refractivity contribution is 5.92. The third-order valence-electron chi connectivity index (χ3n) is 5.23. The average molecular weight is 306 g/mol. The molecule has 6 heteroatoms. The molecule has 0 radical (unpaired) electrons. The Balaban J connectivity index is 1.69. The largest absolute Gasteiger partial charge is 0.481 e. The summed E-state index contributed by atoms with van der Waals surface area (Å²) >= 11 is 0. The summed E-state index contributed by atoms with van der Waals surface area (Å²) in [5.41, 5.74) is 0. The summed E-state index contributed by atoms with van der Waals surface area (Å²) in [4.78, 5) is 38.0. The van der Waals surface area contributed by atoms with Gasteiger partial charge in [-0.1, -0.05) is 12.2 Å². The lowest BCUT2D eigenvalue weighted by Gasteiger charge is -2.25. The Labute approximate surface area is 129 Å². The molecular formula is C16H22N2O4. The van der Waals surface area contributed by atoms with Gasteiger partial charge in [0.05, 0.1) is 11.8 Å². The fourth-order valence-corrected chi connectivity index (χ4v) is 4.13. The molecule has 3 rings (SSSR count). The van der Waals surface area contributed by atoms with E-state index >= 15 is 0 Å². The number of nitrogens with zero attached hydrogens (tertiary/aromatic N) is 1. The van der Waals surface area contributed by atoms with Crippen LogP contribution in [0.3, 0.4) is 0 Å². The maximum atomic E-state index is 12.5. The Kier molecular flexibility index (Phi) is 3.70. The van der Waals surface area contributed by atoms with E-state index in [1.165, 1.54) is 0 Å². The van der Waals surface area contributed by atoms with Gasteiger partial charge in [-0.3, -0.25) is 14.4 Å². The summed E-state index contributed by atoms with van der Waals surface area (Å²) in [6.45, 7) is 4.53. The first-order valence-electron chi connectivity index (χ1n) is 7.92. The molecule has 0 aromatic heterocycles. The summed E-state index contributed by atoms with van der Waals surface area (Å²) < 4.78 is 0. The van der Waals surface area contributed by atoms with E-state index in [1.54, 1.807) is 4.90 Å². The molecule has 2 aliphatic carbocycles. The normalized spacial score (nSPS) is 36.4. The van der Waals surface area contributed by atoms with E-state index in [2.05, 4.69) is 5.32 Å². The van der Waals surface area contributed by atoms with E-state index in [4.69, 9.17) is 0 Å². The number of likely N-dealkylation sites (tertiary alicyclic amines) is 1. The molecule has 0 aromatic carbocycles. The number of fused-ring (bicyclic) bond motifs is 2. The molecule has 2 fully saturated rings. The van der Waals surface area contributed by atoms with Gasteiger partial charge in [-0.25, -0.2) is 0 Å². The van der Waals surface area contributed by atoms with Crippen LogP contribution >= 0.6 is 0 Å². The number of hydrogen-bond donors (Lipinski definition) is 2. The number of carbonyl (C=O) groups excluding carboxylic acids is 2. The molecule has 0 aromatic rings. The highest BCUT2D eigenvalue weighted by Gasteiger charge is 2.52. The highest BCUT2D eigenvalue weighted by Crippen LogP contribution is 2.48. The molecule has 1 heterocycles. The maximum Gasteiger partial charge on any atom is 0.307 e. The van der Waals surface area contributed by atoms with E-state index in [0.717, 1.165) is 6.42 Å². The van der Waals surface area contributed by atoms with Gasteiger partial charge in [0, 0.05) is 12.6 Å². The summed E-state index contributed by atoms with van der Waals surface area (Å²) in [5, 5.41) is 12.2. The van der Waals surface area contributed by atoms with E-state index in [0.29, 0.717) is 13.0 Å². The van der Waals surface area contributed by atoms with Crippen LogP contribution in [0.15, 0.2) is 12.2 Å². The van der Waals surface area contributed by atoms with Crippen LogP contribution in [-0.2, 0) is 14.4 Å². The number of nitrogens with one attached hydrogen (secondary N) is 1. The summed E-state index contributed by atoms with van der Waals surface area (Å²) in [5.74, 6) is -2.53. The van der Waals surface area contributed by atoms with Gasteiger partial charge >= 0.3 is 5.97 Å². The van der Waals surface area contributed by atoms with Crippen LogP contribution in [0.25, 0.3) is 0 Å². The highest BCUT2D eigenvalue weighted by atomic mass is 16.4. The molecule has 6 nitrogen and oxygen atoms in total. The fourth-order valence-electron chi connectivity index (χ4n) is 4.13. The number of aliphatic carboxylic acids is 1. The number of carboxylic acids is 1. The van der Waals surface area contributed by atoms with E-state index in [9.17, 15) is 19.5 Å². The van der Waals surface area contributed by atoms with Crippen molar-refractivity contribution in [3.05, 3.63) is 12.2 Å². The van der Waals surface area contributed by atoms with Crippen molar-refractivity contribution >= 4 is 17.8 Å². The first-order valence-corrected chi connectivity index (χ1v) is 7.92. The Morgan fingerprint density at radius 2 is 1.91 bits per heavy atom. The van der Waals surface area contributed by atoms with Crippen molar-refractivity contribution < 1.29 is 19.5 Å². The lowest BCUT2D eigenvalue weighted by molar-refractivity contribution is -0.148. The predicted octanol–water partition coefficient (Wildman–Crippen LogP) is 0.635. The maximum absolute atomic E-state index is 12.5. The van der Waals surface area contributed by atoms with Gasteiger partial charge < -0.3 is 15.3 Å². The number of allylic oxidation sites excluding steroid dienone is 2. The molecule has 3 aliphatic rings. The summed E-state index contributed by atoms with van der Waals surface area (Å²) in [6.07, 6.45) is 5.18. The lowest BCUT2D eigenvalue weighted by Crippen LogP contribution is -2.48. The van der Waals surface area contributed by atoms with Gasteiger partial charge in [0.25, 0.3) is 0 Å². The van der Waals surface area contributed by atoms with Gasteiger partial charge in [-0.15, -0.1) is 0 Å². The van der Waals surface area contributed by atoms with Crippen molar-refractivity contribution in [2.75, 3.05) is 6.54 Å².